The molecule has 0 heterocycles. The van der Waals surface area contributed by atoms with Gasteiger partial charge in [-0.05, 0) is 25.6 Å². The molecule has 0 aliphatic carbocycles. The van der Waals surface area contributed by atoms with Crippen LogP contribution in [0.1, 0.15) is 20.3 Å². The molecule has 96 valence electrons. The van der Waals surface area contributed by atoms with E-state index in [0.29, 0.717) is 0 Å². The van der Waals surface area contributed by atoms with Crippen molar-refractivity contribution >= 4 is 17.7 Å². The maximum atomic E-state index is 11.6. The largest absolute Gasteiger partial charge is 0.468 e. The third-order valence-electron chi connectivity index (χ3n) is 2.38. The van der Waals surface area contributed by atoms with Crippen molar-refractivity contribution < 1.29 is 14.3 Å². The summed E-state index contributed by atoms with van der Waals surface area (Å²) >= 11 is 1.79. The molecule has 0 fully saturated rings. The van der Waals surface area contributed by atoms with Gasteiger partial charge in [0.2, 0.25) is 0 Å². The average Bonchev–Trinajstić information content (AvgIpc) is 2.28. The van der Waals surface area contributed by atoms with Crippen LogP contribution in [0, 0.1) is 0 Å². The van der Waals surface area contributed by atoms with E-state index in [9.17, 15) is 4.79 Å². The van der Waals surface area contributed by atoms with Gasteiger partial charge in [-0.25, -0.2) is 0 Å². The van der Waals surface area contributed by atoms with Crippen molar-refractivity contribution in [1.29, 1.82) is 0 Å². The van der Waals surface area contributed by atoms with E-state index in [1.807, 2.05) is 13.8 Å². The number of hydrogen-bond donors (Lipinski definition) is 1. The number of methoxy groups -OCH3 is 2. The summed E-state index contributed by atoms with van der Waals surface area (Å²) in [6.45, 7) is 5.38. The molecule has 0 spiro atoms. The first-order valence-corrected chi connectivity index (χ1v) is 6.66. The Morgan fingerprint density at radius 1 is 1.38 bits per heavy atom. The van der Waals surface area contributed by atoms with Gasteiger partial charge in [0, 0.05) is 12.9 Å². The van der Waals surface area contributed by atoms with E-state index >= 15 is 0 Å². The van der Waals surface area contributed by atoms with Gasteiger partial charge in [0.25, 0.3) is 0 Å². The van der Waals surface area contributed by atoms with Gasteiger partial charge in [-0.15, -0.1) is 0 Å². The van der Waals surface area contributed by atoms with Crippen molar-refractivity contribution in [3.05, 3.63) is 0 Å². The fourth-order valence-electron chi connectivity index (χ4n) is 1.40. The predicted molar refractivity (Wildman–Crippen MR) is 67.9 cm³/mol. The first kappa shape index (κ1) is 15.7. The Labute approximate surface area is 102 Å². The number of rotatable bonds is 9. The summed E-state index contributed by atoms with van der Waals surface area (Å²) in [6.07, 6.45) is 0.766. The minimum atomic E-state index is -0.566. The van der Waals surface area contributed by atoms with Crippen molar-refractivity contribution in [2.24, 2.45) is 0 Å². The lowest BCUT2D eigenvalue weighted by Gasteiger charge is -2.27. The Morgan fingerprint density at radius 2 is 2.06 bits per heavy atom. The number of likely N-dealkylation sites (N-methyl/N-ethyl adjacent to an activating group) is 1. The van der Waals surface area contributed by atoms with Crippen LogP contribution in [0.4, 0.5) is 0 Å². The zero-order chi connectivity index (χ0) is 12.4. The van der Waals surface area contributed by atoms with Crippen molar-refractivity contribution in [3.8, 4) is 0 Å². The van der Waals surface area contributed by atoms with Gasteiger partial charge in [0.05, 0.1) is 13.7 Å². The molecule has 0 rings (SSSR count). The van der Waals surface area contributed by atoms with E-state index in [2.05, 4.69) is 5.32 Å². The first-order chi connectivity index (χ1) is 7.60. The van der Waals surface area contributed by atoms with Crippen molar-refractivity contribution in [3.63, 3.8) is 0 Å². The van der Waals surface area contributed by atoms with Gasteiger partial charge in [-0.2, -0.15) is 11.8 Å². The number of nitrogens with one attached hydrogen (secondary N) is 1. The van der Waals surface area contributed by atoms with Gasteiger partial charge in [-0.1, -0.05) is 6.92 Å². The van der Waals surface area contributed by atoms with Gasteiger partial charge in [0.1, 0.15) is 5.54 Å². The molecule has 0 amide bonds. The summed E-state index contributed by atoms with van der Waals surface area (Å²) < 4.78 is 9.77. The summed E-state index contributed by atoms with van der Waals surface area (Å²) in [6, 6.07) is 0. The topological polar surface area (TPSA) is 47.6 Å². The second-order valence-electron chi connectivity index (χ2n) is 3.71. The molecule has 0 radical (unpaired) electrons. The third-order valence-corrected chi connectivity index (χ3v) is 3.33. The number of carbonyl (C=O) groups excluding carboxylic acids is 1. The van der Waals surface area contributed by atoms with E-state index in [1.54, 1.807) is 18.9 Å². The third kappa shape index (κ3) is 5.72. The molecular formula is C11H23NO3S. The van der Waals surface area contributed by atoms with E-state index in [1.165, 1.54) is 7.11 Å². The summed E-state index contributed by atoms with van der Waals surface area (Å²) in [5, 5.41) is 3.18. The molecule has 0 saturated carbocycles. The molecule has 0 aromatic rings. The molecule has 1 N–H and O–H groups in total. The number of carbonyl (C=O) groups is 1. The molecule has 0 aromatic carbocycles. The Bertz CT molecular complexity index is 202. The molecule has 0 bridgehead atoms. The van der Waals surface area contributed by atoms with Gasteiger partial charge in [-0.3, -0.25) is 4.79 Å². The lowest BCUT2D eigenvalue weighted by Crippen LogP contribution is -2.50. The van der Waals surface area contributed by atoms with Crippen molar-refractivity contribution in [2.75, 3.05) is 38.9 Å². The van der Waals surface area contributed by atoms with Gasteiger partial charge in [0.15, 0.2) is 0 Å². The Kier molecular flexibility index (Phi) is 8.70. The first-order valence-electron chi connectivity index (χ1n) is 5.50. The number of ether oxygens (including phenoxy) is 2. The highest BCUT2D eigenvalue weighted by molar-refractivity contribution is 7.99. The molecule has 0 saturated heterocycles. The Balaban J connectivity index is 3.97. The van der Waals surface area contributed by atoms with Crippen LogP contribution in [-0.4, -0.2) is 50.4 Å². The van der Waals surface area contributed by atoms with Crippen LogP contribution in [0.15, 0.2) is 0 Å². The Hall–Kier alpha value is -0.260. The normalized spacial score (nSPS) is 14.5. The highest BCUT2D eigenvalue weighted by Crippen LogP contribution is 2.16. The van der Waals surface area contributed by atoms with Crippen LogP contribution in [0.2, 0.25) is 0 Å². The number of hydrogen-bond acceptors (Lipinski definition) is 5. The summed E-state index contributed by atoms with van der Waals surface area (Å²) in [4.78, 5) is 11.6. The molecule has 16 heavy (non-hydrogen) atoms. The molecule has 0 aromatic heterocycles. The van der Waals surface area contributed by atoms with Crippen molar-refractivity contribution in [2.45, 2.75) is 25.8 Å². The second kappa shape index (κ2) is 8.84. The van der Waals surface area contributed by atoms with Crippen LogP contribution in [-0.2, 0) is 14.3 Å². The van der Waals surface area contributed by atoms with Crippen LogP contribution >= 0.6 is 11.8 Å². The predicted octanol–water partition coefficient (Wildman–Crippen LogP) is 1.30. The van der Waals surface area contributed by atoms with Crippen LogP contribution in [0.5, 0.6) is 0 Å². The maximum Gasteiger partial charge on any atom is 0.325 e. The monoisotopic (exact) mass is 249 g/mol. The summed E-state index contributed by atoms with van der Waals surface area (Å²) in [7, 11) is 3.12. The fraction of sp³-hybridized carbons (Fsp3) is 0.909. The van der Waals surface area contributed by atoms with Crippen molar-refractivity contribution in [1.82, 2.24) is 5.32 Å². The average molecular weight is 249 g/mol. The summed E-state index contributed by atoms with van der Waals surface area (Å²) in [5.74, 6) is 1.68. The van der Waals surface area contributed by atoms with E-state index < -0.39 is 5.54 Å². The molecule has 5 heteroatoms. The zero-order valence-corrected chi connectivity index (χ0v) is 11.5. The van der Waals surface area contributed by atoms with E-state index in [4.69, 9.17) is 9.47 Å². The van der Waals surface area contributed by atoms with E-state index in [0.717, 1.165) is 31.1 Å². The molecule has 1 unspecified atom stereocenters. The second-order valence-corrected chi connectivity index (χ2v) is 4.93. The molecule has 4 nitrogen and oxygen atoms in total. The van der Waals surface area contributed by atoms with Crippen LogP contribution < -0.4 is 5.32 Å². The summed E-state index contributed by atoms with van der Waals surface area (Å²) in [5.41, 5.74) is -0.566. The van der Waals surface area contributed by atoms with Gasteiger partial charge < -0.3 is 14.8 Å². The lowest BCUT2D eigenvalue weighted by atomic mass is 9.99. The highest BCUT2D eigenvalue weighted by Gasteiger charge is 2.32. The number of thioether (sulfide) groups is 1. The quantitative estimate of drug-likeness (QED) is 0.493. The van der Waals surface area contributed by atoms with Gasteiger partial charge >= 0.3 is 5.97 Å². The van der Waals surface area contributed by atoms with Crippen LogP contribution in [0.3, 0.4) is 0 Å². The molecule has 0 aliphatic rings. The molecule has 0 aliphatic heterocycles. The lowest BCUT2D eigenvalue weighted by molar-refractivity contribution is -0.147. The highest BCUT2D eigenvalue weighted by atomic mass is 32.2. The molecular weight excluding hydrogens is 226 g/mol. The Morgan fingerprint density at radius 3 is 2.56 bits per heavy atom. The zero-order valence-electron chi connectivity index (χ0n) is 10.7. The molecule has 1 atom stereocenters. The maximum absolute atomic E-state index is 11.6. The number of esters is 1. The van der Waals surface area contributed by atoms with Crippen LogP contribution in [0.25, 0.3) is 0 Å². The SMILES string of the molecule is CCNC(C)(CCSCCOC)C(=O)OC. The smallest absolute Gasteiger partial charge is 0.325 e. The minimum Gasteiger partial charge on any atom is -0.468 e. The minimum absolute atomic E-state index is 0.193. The standard InChI is InChI=1S/C11H23NO3S/c1-5-12-11(2,10(13)15-4)6-8-16-9-7-14-3/h12H,5-9H2,1-4H3. The van der Waals surface area contributed by atoms with E-state index in [-0.39, 0.29) is 5.97 Å². The fourth-order valence-corrected chi connectivity index (χ4v) is 2.44.